The summed E-state index contributed by atoms with van der Waals surface area (Å²) in [5.41, 5.74) is 0.341. The van der Waals surface area contributed by atoms with Gasteiger partial charge in [0, 0.05) is 20.1 Å². The Morgan fingerprint density at radius 3 is 2.45 bits per heavy atom. The Morgan fingerprint density at radius 2 is 1.95 bits per heavy atom. The van der Waals surface area contributed by atoms with E-state index in [1.54, 1.807) is 7.05 Å². The standard InChI is InChI=1S/C15H20FN3O/c1-17-14-13(6-12(16)7-18-14)15(20)19(8-10-2-3-10)9-11-4-5-11/h6-7,10-11H,2-5,8-9H2,1H3,(H,17,18). The fourth-order valence-electron chi connectivity index (χ4n) is 2.44. The van der Waals surface area contributed by atoms with Gasteiger partial charge in [0.05, 0.1) is 11.8 Å². The minimum Gasteiger partial charge on any atom is -0.372 e. The molecule has 5 heteroatoms. The third-order valence-corrected chi connectivity index (χ3v) is 3.96. The zero-order chi connectivity index (χ0) is 14.1. The number of carbonyl (C=O) groups excluding carboxylic acids is 1. The van der Waals surface area contributed by atoms with Crippen LogP contribution in [0.1, 0.15) is 36.0 Å². The highest BCUT2D eigenvalue weighted by molar-refractivity contribution is 5.98. The molecule has 4 nitrogen and oxygen atoms in total. The van der Waals surface area contributed by atoms with Crippen molar-refractivity contribution in [1.82, 2.24) is 9.88 Å². The van der Waals surface area contributed by atoms with Crippen LogP contribution in [-0.4, -0.2) is 35.9 Å². The second-order valence-corrected chi connectivity index (χ2v) is 5.90. The number of aromatic nitrogens is 1. The van der Waals surface area contributed by atoms with Gasteiger partial charge in [-0.1, -0.05) is 0 Å². The Labute approximate surface area is 118 Å². The lowest BCUT2D eigenvalue weighted by molar-refractivity contribution is 0.0739. The molecule has 0 radical (unpaired) electrons. The van der Waals surface area contributed by atoms with Gasteiger partial charge in [0.25, 0.3) is 5.91 Å². The van der Waals surface area contributed by atoms with Crippen molar-refractivity contribution < 1.29 is 9.18 Å². The van der Waals surface area contributed by atoms with Gasteiger partial charge < -0.3 is 10.2 Å². The van der Waals surface area contributed by atoms with E-state index in [4.69, 9.17) is 0 Å². The molecule has 2 fully saturated rings. The maximum absolute atomic E-state index is 13.4. The molecule has 0 saturated heterocycles. The molecule has 1 heterocycles. The van der Waals surface area contributed by atoms with Gasteiger partial charge in [-0.15, -0.1) is 0 Å². The first kappa shape index (κ1) is 13.3. The van der Waals surface area contributed by atoms with Crippen LogP contribution in [0.4, 0.5) is 10.2 Å². The minimum absolute atomic E-state index is 0.0971. The van der Waals surface area contributed by atoms with Gasteiger partial charge in [0.2, 0.25) is 0 Å². The number of carbonyl (C=O) groups is 1. The molecular formula is C15H20FN3O. The lowest BCUT2D eigenvalue weighted by atomic mass is 10.2. The van der Waals surface area contributed by atoms with Crippen LogP contribution in [-0.2, 0) is 0 Å². The highest BCUT2D eigenvalue weighted by Crippen LogP contribution is 2.34. The van der Waals surface area contributed by atoms with Crippen LogP contribution in [0.15, 0.2) is 12.3 Å². The molecule has 108 valence electrons. The van der Waals surface area contributed by atoms with Crippen LogP contribution in [0.3, 0.4) is 0 Å². The van der Waals surface area contributed by atoms with E-state index in [1.165, 1.54) is 31.7 Å². The number of nitrogens with one attached hydrogen (secondary N) is 1. The molecule has 2 saturated carbocycles. The largest absolute Gasteiger partial charge is 0.372 e. The molecule has 0 unspecified atom stereocenters. The Hall–Kier alpha value is -1.65. The first-order valence-corrected chi connectivity index (χ1v) is 7.30. The van der Waals surface area contributed by atoms with E-state index in [0.717, 1.165) is 19.3 Å². The lowest BCUT2D eigenvalue weighted by Gasteiger charge is -2.23. The van der Waals surface area contributed by atoms with E-state index in [9.17, 15) is 9.18 Å². The van der Waals surface area contributed by atoms with Crippen molar-refractivity contribution in [1.29, 1.82) is 0 Å². The average Bonchev–Trinajstić information content (AvgIpc) is 3.32. The van der Waals surface area contributed by atoms with E-state index < -0.39 is 5.82 Å². The summed E-state index contributed by atoms with van der Waals surface area (Å²) < 4.78 is 13.4. The summed E-state index contributed by atoms with van der Waals surface area (Å²) in [7, 11) is 1.70. The molecule has 0 bridgehead atoms. The zero-order valence-electron chi connectivity index (χ0n) is 11.7. The highest BCUT2D eigenvalue weighted by Gasteiger charge is 2.32. The smallest absolute Gasteiger partial charge is 0.257 e. The topological polar surface area (TPSA) is 45.2 Å². The molecule has 1 N–H and O–H groups in total. The van der Waals surface area contributed by atoms with Crippen molar-refractivity contribution in [3.8, 4) is 0 Å². The van der Waals surface area contributed by atoms with Gasteiger partial charge in [0.1, 0.15) is 11.6 Å². The molecule has 1 aromatic heterocycles. The summed E-state index contributed by atoms with van der Waals surface area (Å²) in [6, 6.07) is 1.29. The van der Waals surface area contributed by atoms with Gasteiger partial charge in [0.15, 0.2) is 0 Å². The minimum atomic E-state index is -0.467. The molecule has 0 atom stereocenters. The Balaban J connectivity index is 1.81. The quantitative estimate of drug-likeness (QED) is 0.869. The maximum atomic E-state index is 13.4. The second kappa shape index (κ2) is 5.38. The normalized spacial score (nSPS) is 17.9. The van der Waals surface area contributed by atoms with Crippen LogP contribution in [0.2, 0.25) is 0 Å². The Bertz CT molecular complexity index is 498. The monoisotopic (exact) mass is 277 g/mol. The van der Waals surface area contributed by atoms with E-state index in [2.05, 4.69) is 10.3 Å². The molecule has 2 aliphatic carbocycles. The second-order valence-electron chi connectivity index (χ2n) is 5.90. The molecule has 1 amide bonds. The van der Waals surface area contributed by atoms with Crippen molar-refractivity contribution >= 4 is 11.7 Å². The van der Waals surface area contributed by atoms with E-state index >= 15 is 0 Å². The number of nitrogens with zero attached hydrogens (tertiary/aromatic N) is 2. The SMILES string of the molecule is CNc1ncc(F)cc1C(=O)N(CC1CC1)CC1CC1. The van der Waals surface area contributed by atoms with E-state index in [-0.39, 0.29) is 5.91 Å². The summed E-state index contributed by atoms with van der Waals surface area (Å²) in [5, 5.41) is 2.87. The van der Waals surface area contributed by atoms with Gasteiger partial charge in [-0.05, 0) is 43.6 Å². The van der Waals surface area contributed by atoms with Gasteiger partial charge in [-0.25, -0.2) is 9.37 Å². The molecule has 3 rings (SSSR count). The van der Waals surface area contributed by atoms with Crippen LogP contribution < -0.4 is 5.32 Å². The number of rotatable bonds is 6. The number of pyridine rings is 1. The van der Waals surface area contributed by atoms with Gasteiger partial charge in [-0.3, -0.25) is 4.79 Å². The maximum Gasteiger partial charge on any atom is 0.257 e. The van der Waals surface area contributed by atoms with Crippen molar-refractivity contribution in [3.63, 3.8) is 0 Å². The van der Waals surface area contributed by atoms with Gasteiger partial charge >= 0.3 is 0 Å². The molecule has 1 aromatic rings. The Kier molecular flexibility index (Phi) is 3.59. The Morgan fingerprint density at radius 1 is 1.35 bits per heavy atom. The zero-order valence-corrected chi connectivity index (χ0v) is 11.7. The van der Waals surface area contributed by atoms with E-state index in [1.807, 2.05) is 4.90 Å². The fourth-order valence-corrected chi connectivity index (χ4v) is 2.44. The predicted molar refractivity (Wildman–Crippen MR) is 75.1 cm³/mol. The summed E-state index contributed by atoms with van der Waals surface area (Å²) >= 11 is 0. The van der Waals surface area contributed by atoms with Crippen LogP contribution >= 0.6 is 0 Å². The van der Waals surface area contributed by atoms with Crippen LogP contribution in [0.5, 0.6) is 0 Å². The molecule has 0 aliphatic heterocycles. The highest BCUT2D eigenvalue weighted by atomic mass is 19.1. The number of amides is 1. The third-order valence-electron chi connectivity index (χ3n) is 3.96. The lowest BCUT2D eigenvalue weighted by Crippen LogP contribution is -2.35. The van der Waals surface area contributed by atoms with Crippen molar-refractivity contribution in [2.75, 3.05) is 25.5 Å². The first-order valence-electron chi connectivity index (χ1n) is 7.30. The fraction of sp³-hybridized carbons (Fsp3) is 0.600. The molecule has 0 aromatic carbocycles. The van der Waals surface area contributed by atoms with Crippen LogP contribution in [0.25, 0.3) is 0 Å². The van der Waals surface area contributed by atoms with Crippen molar-refractivity contribution in [2.45, 2.75) is 25.7 Å². The summed E-state index contributed by atoms with van der Waals surface area (Å²) in [6.45, 7) is 1.60. The van der Waals surface area contributed by atoms with Crippen LogP contribution in [0, 0.1) is 17.7 Å². The number of hydrogen-bond acceptors (Lipinski definition) is 3. The van der Waals surface area contributed by atoms with Gasteiger partial charge in [-0.2, -0.15) is 0 Å². The molecular weight excluding hydrogens is 257 g/mol. The number of hydrogen-bond donors (Lipinski definition) is 1. The third kappa shape index (κ3) is 3.08. The molecule has 20 heavy (non-hydrogen) atoms. The molecule has 2 aliphatic rings. The summed E-state index contributed by atoms with van der Waals surface area (Å²) in [4.78, 5) is 18.5. The predicted octanol–water partition coefficient (Wildman–Crippen LogP) is 2.52. The number of anilines is 1. The van der Waals surface area contributed by atoms with E-state index in [0.29, 0.717) is 23.2 Å². The summed E-state index contributed by atoms with van der Waals surface area (Å²) in [6.07, 6.45) is 5.95. The molecule has 0 spiro atoms. The summed E-state index contributed by atoms with van der Waals surface area (Å²) in [5.74, 6) is 1.16. The number of halogens is 1. The average molecular weight is 277 g/mol. The first-order chi connectivity index (χ1) is 9.67. The van der Waals surface area contributed by atoms with Crippen molar-refractivity contribution in [3.05, 3.63) is 23.6 Å². The van der Waals surface area contributed by atoms with Crippen molar-refractivity contribution in [2.24, 2.45) is 11.8 Å².